The first-order valence-electron chi connectivity index (χ1n) is 7.53. The Morgan fingerprint density at radius 1 is 1.45 bits per heavy atom. The molecule has 2 atom stereocenters. The Morgan fingerprint density at radius 2 is 2.30 bits per heavy atom. The van der Waals surface area contributed by atoms with Gasteiger partial charge in [0.2, 0.25) is 0 Å². The molecule has 2 rings (SSSR count). The van der Waals surface area contributed by atoms with Crippen molar-refractivity contribution in [3.05, 3.63) is 29.8 Å². The molecular weight excluding hydrogens is 252 g/mol. The number of aliphatic hydroxyl groups is 1. The molecule has 112 valence electrons. The minimum Gasteiger partial charge on any atom is -0.491 e. The van der Waals surface area contributed by atoms with Gasteiger partial charge in [0, 0.05) is 19.1 Å². The Balaban J connectivity index is 1.77. The van der Waals surface area contributed by atoms with E-state index in [1.165, 1.54) is 19.3 Å². The second-order valence-corrected chi connectivity index (χ2v) is 5.66. The molecule has 1 aromatic rings. The summed E-state index contributed by atoms with van der Waals surface area (Å²) in [5.41, 5.74) is 6.65. The predicted octanol–water partition coefficient (Wildman–Crippen LogP) is 1.76. The van der Waals surface area contributed by atoms with Crippen molar-refractivity contribution >= 4 is 0 Å². The zero-order valence-electron chi connectivity index (χ0n) is 12.3. The van der Waals surface area contributed by atoms with E-state index in [9.17, 15) is 5.11 Å². The zero-order chi connectivity index (χ0) is 14.4. The first-order chi connectivity index (χ1) is 9.69. The highest BCUT2D eigenvalue weighted by molar-refractivity contribution is 5.28. The molecule has 3 N–H and O–H groups in total. The predicted molar refractivity (Wildman–Crippen MR) is 80.7 cm³/mol. The summed E-state index contributed by atoms with van der Waals surface area (Å²) < 4.78 is 5.65. The van der Waals surface area contributed by atoms with Gasteiger partial charge in [-0.1, -0.05) is 18.6 Å². The van der Waals surface area contributed by atoms with E-state index in [0.717, 1.165) is 17.9 Å². The van der Waals surface area contributed by atoms with Crippen molar-refractivity contribution in [2.75, 3.05) is 19.7 Å². The Morgan fingerprint density at radius 3 is 3.05 bits per heavy atom. The van der Waals surface area contributed by atoms with E-state index in [1.807, 2.05) is 24.3 Å². The number of hydrogen-bond acceptors (Lipinski definition) is 4. The molecule has 0 amide bonds. The van der Waals surface area contributed by atoms with Crippen molar-refractivity contribution in [2.45, 2.75) is 44.9 Å². The number of aliphatic hydroxyl groups excluding tert-OH is 1. The lowest BCUT2D eigenvalue weighted by Crippen LogP contribution is -2.43. The fourth-order valence-corrected chi connectivity index (χ4v) is 2.71. The molecule has 20 heavy (non-hydrogen) atoms. The molecular formula is C16H26N2O2. The van der Waals surface area contributed by atoms with Crippen LogP contribution in [0.2, 0.25) is 0 Å². The van der Waals surface area contributed by atoms with Crippen LogP contribution in [0.1, 0.15) is 31.7 Å². The third-order valence-electron chi connectivity index (χ3n) is 3.96. The molecule has 1 fully saturated rings. The Labute approximate surface area is 121 Å². The van der Waals surface area contributed by atoms with Crippen molar-refractivity contribution in [1.29, 1.82) is 0 Å². The number of piperidine rings is 1. The molecule has 0 saturated carbocycles. The number of nitrogens with two attached hydrogens (primary N) is 1. The Hall–Kier alpha value is -1.10. The first-order valence-corrected chi connectivity index (χ1v) is 7.53. The smallest absolute Gasteiger partial charge is 0.119 e. The van der Waals surface area contributed by atoms with Crippen LogP contribution in [0.5, 0.6) is 5.75 Å². The summed E-state index contributed by atoms with van der Waals surface area (Å²) in [7, 11) is 0. The van der Waals surface area contributed by atoms with Gasteiger partial charge in [-0.25, -0.2) is 0 Å². The molecule has 4 heteroatoms. The van der Waals surface area contributed by atoms with Crippen molar-refractivity contribution in [3.8, 4) is 5.75 Å². The van der Waals surface area contributed by atoms with E-state index in [1.54, 1.807) is 0 Å². The van der Waals surface area contributed by atoms with Gasteiger partial charge in [0.05, 0.1) is 0 Å². The fraction of sp³-hybridized carbons (Fsp3) is 0.625. The molecule has 0 radical (unpaired) electrons. The monoisotopic (exact) mass is 278 g/mol. The van der Waals surface area contributed by atoms with Gasteiger partial charge < -0.3 is 15.6 Å². The number of nitrogens with zero attached hydrogens (tertiary/aromatic N) is 1. The largest absolute Gasteiger partial charge is 0.491 e. The van der Waals surface area contributed by atoms with Crippen molar-refractivity contribution in [1.82, 2.24) is 4.90 Å². The Bertz CT molecular complexity index is 411. The van der Waals surface area contributed by atoms with Crippen molar-refractivity contribution in [2.24, 2.45) is 5.73 Å². The van der Waals surface area contributed by atoms with Crippen LogP contribution in [-0.4, -0.2) is 41.8 Å². The molecule has 2 unspecified atom stereocenters. The number of benzene rings is 1. The summed E-state index contributed by atoms with van der Waals surface area (Å²) in [4.78, 5) is 2.35. The van der Waals surface area contributed by atoms with Gasteiger partial charge in [0.25, 0.3) is 0 Å². The molecule has 1 heterocycles. The van der Waals surface area contributed by atoms with E-state index in [0.29, 0.717) is 25.7 Å². The highest BCUT2D eigenvalue weighted by Crippen LogP contribution is 2.17. The normalized spacial score (nSPS) is 21.6. The molecule has 1 aliphatic rings. The fourth-order valence-electron chi connectivity index (χ4n) is 2.71. The molecule has 0 bridgehead atoms. The highest BCUT2D eigenvalue weighted by Gasteiger charge is 2.20. The van der Waals surface area contributed by atoms with Crippen LogP contribution in [0.3, 0.4) is 0 Å². The summed E-state index contributed by atoms with van der Waals surface area (Å²) >= 11 is 0. The van der Waals surface area contributed by atoms with Gasteiger partial charge in [-0.2, -0.15) is 0 Å². The van der Waals surface area contributed by atoms with Gasteiger partial charge in [-0.3, -0.25) is 4.90 Å². The maximum Gasteiger partial charge on any atom is 0.119 e. The summed E-state index contributed by atoms with van der Waals surface area (Å²) in [6, 6.07) is 8.29. The average molecular weight is 278 g/mol. The van der Waals surface area contributed by atoms with Crippen LogP contribution < -0.4 is 10.5 Å². The summed E-state index contributed by atoms with van der Waals surface area (Å²) in [6.45, 7) is 4.85. The van der Waals surface area contributed by atoms with E-state index < -0.39 is 6.10 Å². The standard InChI is InChI=1S/C16H26N2O2/c1-13-5-2-3-8-18(13)11-15(19)12-20-16-7-4-6-14(9-16)10-17/h4,6-7,9,13,15,19H,2-3,5,8,10-12,17H2,1H3. The van der Waals surface area contributed by atoms with Crippen molar-refractivity contribution in [3.63, 3.8) is 0 Å². The second kappa shape index (κ2) is 7.62. The number of hydrogen-bond donors (Lipinski definition) is 2. The third-order valence-corrected chi connectivity index (χ3v) is 3.96. The number of β-amino-alcohol motifs (C(OH)–C–C–N with tert-alkyl or cyclic N) is 1. The van der Waals surface area contributed by atoms with E-state index in [-0.39, 0.29) is 0 Å². The first kappa shape index (κ1) is 15.3. The SMILES string of the molecule is CC1CCCCN1CC(O)COc1cccc(CN)c1. The third kappa shape index (κ3) is 4.47. The second-order valence-electron chi connectivity index (χ2n) is 5.66. The van der Waals surface area contributed by atoms with Crippen LogP contribution in [0, 0.1) is 0 Å². The van der Waals surface area contributed by atoms with E-state index in [4.69, 9.17) is 10.5 Å². The van der Waals surface area contributed by atoms with Gasteiger partial charge in [0.15, 0.2) is 0 Å². The highest BCUT2D eigenvalue weighted by atomic mass is 16.5. The maximum atomic E-state index is 10.1. The molecule has 0 aliphatic carbocycles. The molecule has 0 aromatic heterocycles. The van der Waals surface area contributed by atoms with Gasteiger partial charge in [0.1, 0.15) is 18.5 Å². The summed E-state index contributed by atoms with van der Waals surface area (Å²) in [6.07, 6.45) is 3.32. The van der Waals surface area contributed by atoms with E-state index >= 15 is 0 Å². The molecule has 0 spiro atoms. The maximum absolute atomic E-state index is 10.1. The zero-order valence-corrected chi connectivity index (χ0v) is 12.3. The van der Waals surface area contributed by atoms with Gasteiger partial charge in [-0.05, 0) is 44.0 Å². The minimum atomic E-state index is -0.447. The lowest BCUT2D eigenvalue weighted by atomic mass is 10.0. The molecule has 4 nitrogen and oxygen atoms in total. The summed E-state index contributed by atoms with van der Waals surface area (Å²) in [5.74, 6) is 0.777. The van der Waals surface area contributed by atoms with Crippen LogP contribution in [-0.2, 0) is 6.54 Å². The number of rotatable bonds is 6. The Kier molecular flexibility index (Phi) is 5.83. The lowest BCUT2D eigenvalue weighted by molar-refractivity contribution is 0.0437. The van der Waals surface area contributed by atoms with Crippen molar-refractivity contribution < 1.29 is 9.84 Å². The topological polar surface area (TPSA) is 58.7 Å². The minimum absolute atomic E-state index is 0.331. The van der Waals surface area contributed by atoms with Crippen LogP contribution in [0.25, 0.3) is 0 Å². The number of ether oxygens (including phenoxy) is 1. The molecule has 1 saturated heterocycles. The average Bonchev–Trinajstić information content (AvgIpc) is 2.48. The quantitative estimate of drug-likeness (QED) is 0.832. The molecule has 1 aliphatic heterocycles. The van der Waals surface area contributed by atoms with Crippen LogP contribution in [0.15, 0.2) is 24.3 Å². The van der Waals surface area contributed by atoms with Gasteiger partial charge >= 0.3 is 0 Å². The van der Waals surface area contributed by atoms with E-state index in [2.05, 4.69) is 11.8 Å². The number of likely N-dealkylation sites (tertiary alicyclic amines) is 1. The lowest BCUT2D eigenvalue weighted by Gasteiger charge is -2.34. The van der Waals surface area contributed by atoms with Gasteiger partial charge in [-0.15, -0.1) is 0 Å². The van der Waals surface area contributed by atoms with Crippen LogP contribution in [0.4, 0.5) is 0 Å². The van der Waals surface area contributed by atoms with Crippen LogP contribution >= 0.6 is 0 Å². The molecule has 1 aromatic carbocycles. The summed E-state index contributed by atoms with van der Waals surface area (Å²) in [5, 5.41) is 10.1.